The van der Waals surface area contributed by atoms with Crippen molar-refractivity contribution in [3.8, 4) is 0 Å². The van der Waals surface area contributed by atoms with Crippen molar-refractivity contribution in [3.63, 3.8) is 0 Å². The van der Waals surface area contributed by atoms with Gasteiger partial charge in [0.25, 0.3) is 0 Å². The topological polar surface area (TPSA) is 40.6 Å². The zero-order valence-corrected chi connectivity index (χ0v) is 11.4. The number of rotatable bonds is 2. The Morgan fingerprint density at radius 2 is 2.06 bits per heavy atom. The number of carbonyl (C=O) groups excluding carboxylic acids is 2. The van der Waals surface area contributed by atoms with Crippen LogP contribution in [0.5, 0.6) is 0 Å². The molecule has 4 nitrogen and oxygen atoms in total. The van der Waals surface area contributed by atoms with Crippen LogP contribution in [0.15, 0.2) is 0 Å². The molecule has 2 aliphatic heterocycles. The maximum Gasteiger partial charge on any atom is 0.242 e. The van der Waals surface area contributed by atoms with Crippen molar-refractivity contribution in [2.45, 2.75) is 45.4 Å². The Morgan fingerprint density at radius 1 is 1.22 bits per heavy atom. The Morgan fingerprint density at radius 3 is 2.83 bits per heavy atom. The van der Waals surface area contributed by atoms with Gasteiger partial charge in [-0.25, -0.2) is 0 Å². The lowest BCUT2D eigenvalue weighted by atomic mass is 10.0. The average molecular weight is 252 g/mol. The molecule has 2 rings (SSSR count). The Hall–Kier alpha value is -1.06. The predicted octanol–water partition coefficient (Wildman–Crippen LogP) is 1.65. The smallest absolute Gasteiger partial charge is 0.242 e. The monoisotopic (exact) mass is 252 g/mol. The van der Waals surface area contributed by atoms with Crippen molar-refractivity contribution in [1.82, 2.24) is 9.80 Å². The van der Waals surface area contributed by atoms with Gasteiger partial charge in [-0.2, -0.15) is 0 Å². The summed E-state index contributed by atoms with van der Waals surface area (Å²) in [6.45, 7) is 4.97. The summed E-state index contributed by atoms with van der Waals surface area (Å²) in [6, 6.07) is 0. The van der Waals surface area contributed by atoms with Gasteiger partial charge >= 0.3 is 0 Å². The number of carbonyl (C=O) groups is 2. The van der Waals surface area contributed by atoms with Gasteiger partial charge in [0.05, 0.1) is 6.54 Å². The second-order valence-electron chi connectivity index (χ2n) is 5.71. The van der Waals surface area contributed by atoms with Gasteiger partial charge in [0.1, 0.15) is 0 Å². The third-order valence-electron chi connectivity index (χ3n) is 4.01. The molecule has 2 amide bonds. The second-order valence-corrected chi connectivity index (χ2v) is 5.71. The van der Waals surface area contributed by atoms with Crippen LogP contribution < -0.4 is 0 Å². The summed E-state index contributed by atoms with van der Waals surface area (Å²) in [4.78, 5) is 27.7. The van der Waals surface area contributed by atoms with E-state index < -0.39 is 0 Å². The third-order valence-corrected chi connectivity index (χ3v) is 4.01. The highest BCUT2D eigenvalue weighted by Crippen LogP contribution is 2.16. The number of hydrogen-bond acceptors (Lipinski definition) is 2. The molecule has 0 aromatic carbocycles. The van der Waals surface area contributed by atoms with E-state index in [1.807, 2.05) is 4.90 Å². The molecule has 0 aliphatic carbocycles. The van der Waals surface area contributed by atoms with Crippen LogP contribution in [0, 0.1) is 5.92 Å². The van der Waals surface area contributed by atoms with Crippen molar-refractivity contribution in [3.05, 3.63) is 0 Å². The predicted molar refractivity (Wildman–Crippen MR) is 70.0 cm³/mol. The summed E-state index contributed by atoms with van der Waals surface area (Å²) in [5, 5.41) is 0. The number of hydrogen-bond donors (Lipinski definition) is 0. The van der Waals surface area contributed by atoms with Crippen LogP contribution in [0.1, 0.15) is 45.4 Å². The van der Waals surface area contributed by atoms with E-state index in [0.29, 0.717) is 18.9 Å². The summed E-state index contributed by atoms with van der Waals surface area (Å²) in [6.07, 6.45) is 6.05. The first kappa shape index (κ1) is 13.4. The fourth-order valence-corrected chi connectivity index (χ4v) is 2.88. The lowest BCUT2D eigenvalue weighted by Crippen LogP contribution is -2.46. The molecular formula is C14H24N2O2. The van der Waals surface area contributed by atoms with Gasteiger partial charge in [0, 0.05) is 26.1 Å². The molecule has 102 valence electrons. The number of likely N-dealkylation sites (tertiary alicyclic amines) is 2. The largest absolute Gasteiger partial charge is 0.341 e. The first-order valence-corrected chi connectivity index (χ1v) is 7.22. The van der Waals surface area contributed by atoms with E-state index in [4.69, 9.17) is 0 Å². The lowest BCUT2D eigenvalue weighted by molar-refractivity contribution is -0.141. The highest BCUT2D eigenvalue weighted by Gasteiger charge is 2.25. The zero-order valence-electron chi connectivity index (χ0n) is 11.4. The standard InChI is InChI=1S/C14H24N2O2/c1-12-6-5-9-15(10-12)14(18)11-16-8-4-2-3-7-13(16)17/h12H,2-11H2,1H3. The maximum atomic E-state index is 12.2. The van der Waals surface area contributed by atoms with Gasteiger partial charge in [-0.15, -0.1) is 0 Å². The second kappa shape index (κ2) is 6.21. The van der Waals surface area contributed by atoms with Crippen molar-refractivity contribution >= 4 is 11.8 Å². The van der Waals surface area contributed by atoms with E-state index in [9.17, 15) is 9.59 Å². The molecule has 2 saturated heterocycles. The molecule has 0 spiro atoms. The van der Waals surface area contributed by atoms with Gasteiger partial charge in [0.2, 0.25) is 11.8 Å². The number of piperidine rings is 1. The van der Waals surface area contributed by atoms with E-state index in [0.717, 1.165) is 45.3 Å². The van der Waals surface area contributed by atoms with Gasteiger partial charge < -0.3 is 9.80 Å². The molecule has 2 heterocycles. The quantitative estimate of drug-likeness (QED) is 0.749. The summed E-state index contributed by atoms with van der Waals surface area (Å²) >= 11 is 0. The van der Waals surface area contributed by atoms with Crippen molar-refractivity contribution in [2.75, 3.05) is 26.2 Å². The van der Waals surface area contributed by atoms with Gasteiger partial charge in [0.15, 0.2) is 0 Å². The summed E-state index contributed by atoms with van der Waals surface area (Å²) in [5.41, 5.74) is 0. The minimum Gasteiger partial charge on any atom is -0.341 e. The molecular weight excluding hydrogens is 228 g/mol. The number of amides is 2. The van der Waals surface area contributed by atoms with E-state index in [1.165, 1.54) is 6.42 Å². The molecule has 0 aromatic rings. The molecule has 1 unspecified atom stereocenters. The molecule has 18 heavy (non-hydrogen) atoms. The molecule has 4 heteroatoms. The minimum absolute atomic E-state index is 0.136. The normalized spacial score (nSPS) is 26.1. The van der Waals surface area contributed by atoms with E-state index in [-0.39, 0.29) is 11.8 Å². The molecule has 0 radical (unpaired) electrons. The summed E-state index contributed by atoms with van der Waals surface area (Å²) < 4.78 is 0. The lowest BCUT2D eigenvalue weighted by Gasteiger charge is -2.32. The van der Waals surface area contributed by atoms with E-state index >= 15 is 0 Å². The van der Waals surface area contributed by atoms with Crippen LogP contribution in [-0.4, -0.2) is 47.8 Å². The van der Waals surface area contributed by atoms with Crippen LogP contribution in [0.25, 0.3) is 0 Å². The molecule has 0 aromatic heterocycles. The van der Waals surface area contributed by atoms with Crippen LogP contribution in [0.2, 0.25) is 0 Å². The molecule has 0 bridgehead atoms. The Bertz CT molecular complexity index is 317. The first-order valence-electron chi connectivity index (χ1n) is 7.22. The van der Waals surface area contributed by atoms with E-state index in [2.05, 4.69) is 6.92 Å². The van der Waals surface area contributed by atoms with Crippen LogP contribution in [0.4, 0.5) is 0 Å². The van der Waals surface area contributed by atoms with Crippen LogP contribution in [-0.2, 0) is 9.59 Å². The Labute approximate surface area is 109 Å². The fourth-order valence-electron chi connectivity index (χ4n) is 2.88. The van der Waals surface area contributed by atoms with Gasteiger partial charge in [-0.1, -0.05) is 13.3 Å². The summed E-state index contributed by atoms with van der Waals surface area (Å²) in [7, 11) is 0. The Kier molecular flexibility index (Phi) is 4.61. The molecule has 0 N–H and O–H groups in total. The molecule has 2 fully saturated rings. The van der Waals surface area contributed by atoms with Crippen molar-refractivity contribution < 1.29 is 9.59 Å². The third kappa shape index (κ3) is 3.47. The molecule has 1 atom stereocenters. The molecule has 0 saturated carbocycles. The number of nitrogens with zero attached hydrogens (tertiary/aromatic N) is 2. The SMILES string of the molecule is CC1CCCN(C(=O)CN2CCCCCC2=O)C1. The minimum atomic E-state index is 0.136. The summed E-state index contributed by atoms with van der Waals surface area (Å²) in [5.74, 6) is 0.894. The van der Waals surface area contributed by atoms with Crippen LogP contribution >= 0.6 is 0 Å². The highest BCUT2D eigenvalue weighted by molar-refractivity contribution is 5.85. The van der Waals surface area contributed by atoms with Crippen molar-refractivity contribution in [1.29, 1.82) is 0 Å². The van der Waals surface area contributed by atoms with E-state index in [1.54, 1.807) is 4.90 Å². The molecule has 2 aliphatic rings. The Balaban J connectivity index is 1.87. The highest BCUT2D eigenvalue weighted by atomic mass is 16.2. The van der Waals surface area contributed by atoms with Crippen LogP contribution in [0.3, 0.4) is 0 Å². The maximum absolute atomic E-state index is 12.2. The zero-order chi connectivity index (χ0) is 13.0. The van der Waals surface area contributed by atoms with Gasteiger partial charge in [-0.05, 0) is 31.6 Å². The first-order chi connectivity index (χ1) is 8.66. The average Bonchev–Trinajstić information content (AvgIpc) is 2.55. The fraction of sp³-hybridized carbons (Fsp3) is 0.857. The van der Waals surface area contributed by atoms with Crippen molar-refractivity contribution in [2.24, 2.45) is 5.92 Å². The van der Waals surface area contributed by atoms with Gasteiger partial charge in [-0.3, -0.25) is 9.59 Å².